The van der Waals surface area contributed by atoms with E-state index in [1.165, 1.54) is 6.26 Å². The first kappa shape index (κ1) is 25.1. The number of halogens is 1. The van der Waals surface area contributed by atoms with Crippen LogP contribution in [-0.2, 0) is 18.3 Å². The Balaban J connectivity index is 0.00000341. The SMILES string of the molecule is CCOCCCNC(=NCc1nnc(C)n1C)N1CCN(C(=O)c2ccco2)CC1.I. The van der Waals surface area contributed by atoms with Gasteiger partial charge in [0.05, 0.1) is 6.26 Å². The largest absolute Gasteiger partial charge is 0.459 e. The van der Waals surface area contributed by atoms with Crippen LogP contribution in [0.1, 0.15) is 35.5 Å². The number of piperazine rings is 1. The van der Waals surface area contributed by atoms with Crippen molar-refractivity contribution in [3.05, 3.63) is 35.8 Å². The molecule has 1 amide bonds. The van der Waals surface area contributed by atoms with Crippen molar-refractivity contribution in [3.63, 3.8) is 0 Å². The number of hydrogen-bond acceptors (Lipinski definition) is 6. The fourth-order valence-corrected chi connectivity index (χ4v) is 3.20. The minimum absolute atomic E-state index is 0. The molecule has 0 spiro atoms. The van der Waals surface area contributed by atoms with Crippen LogP contribution in [0.4, 0.5) is 0 Å². The van der Waals surface area contributed by atoms with Crippen molar-refractivity contribution in [2.45, 2.75) is 26.8 Å². The van der Waals surface area contributed by atoms with Gasteiger partial charge in [0, 0.05) is 53.0 Å². The first-order chi connectivity index (χ1) is 14.6. The zero-order valence-electron chi connectivity index (χ0n) is 18.4. The normalized spacial score (nSPS) is 14.5. The van der Waals surface area contributed by atoms with Crippen LogP contribution in [0.3, 0.4) is 0 Å². The lowest BCUT2D eigenvalue weighted by atomic mass is 10.3. The molecule has 1 saturated heterocycles. The molecular formula is C20H32IN7O3. The number of aryl methyl sites for hydroxylation is 1. The number of aliphatic imine (C=N–C) groups is 1. The van der Waals surface area contributed by atoms with E-state index >= 15 is 0 Å². The van der Waals surface area contributed by atoms with E-state index in [-0.39, 0.29) is 29.9 Å². The molecule has 2 aromatic heterocycles. The summed E-state index contributed by atoms with van der Waals surface area (Å²) in [5.74, 6) is 2.79. The summed E-state index contributed by atoms with van der Waals surface area (Å²) in [4.78, 5) is 21.3. The van der Waals surface area contributed by atoms with E-state index < -0.39 is 0 Å². The van der Waals surface area contributed by atoms with Gasteiger partial charge in [-0.15, -0.1) is 34.2 Å². The number of carbonyl (C=O) groups is 1. The van der Waals surface area contributed by atoms with Crippen LogP contribution in [0.5, 0.6) is 0 Å². The first-order valence-electron chi connectivity index (χ1n) is 10.4. The van der Waals surface area contributed by atoms with Crippen molar-refractivity contribution < 1.29 is 13.9 Å². The Hall–Kier alpha value is -2.15. The molecule has 1 fully saturated rings. The number of aromatic nitrogens is 3. The van der Waals surface area contributed by atoms with E-state index in [1.807, 2.05) is 30.4 Å². The molecule has 3 rings (SSSR count). The topological polar surface area (TPSA) is 101 Å². The van der Waals surface area contributed by atoms with Crippen LogP contribution in [0, 0.1) is 6.92 Å². The number of nitrogens with one attached hydrogen (secondary N) is 1. The maximum atomic E-state index is 12.5. The molecule has 0 aromatic carbocycles. The lowest BCUT2D eigenvalue weighted by Gasteiger charge is -2.36. The highest BCUT2D eigenvalue weighted by molar-refractivity contribution is 14.0. The van der Waals surface area contributed by atoms with Gasteiger partial charge in [-0.25, -0.2) is 4.99 Å². The number of carbonyl (C=O) groups excluding carboxylic acids is 1. The number of rotatable bonds is 8. The highest BCUT2D eigenvalue weighted by Gasteiger charge is 2.25. The number of hydrogen-bond donors (Lipinski definition) is 1. The summed E-state index contributed by atoms with van der Waals surface area (Å²) in [5.41, 5.74) is 0. The van der Waals surface area contributed by atoms with Crippen LogP contribution in [0.25, 0.3) is 0 Å². The van der Waals surface area contributed by atoms with Crippen LogP contribution < -0.4 is 5.32 Å². The maximum absolute atomic E-state index is 12.5. The summed E-state index contributed by atoms with van der Waals surface area (Å²) in [6, 6.07) is 3.43. The Morgan fingerprint density at radius 2 is 2.00 bits per heavy atom. The summed E-state index contributed by atoms with van der Waals surface area (Å²) in [7, 11) is 1.94. The number of guanidine groups is 1. The van der Waals surface area contributed by atoms with E-state index in [2.05, 4.69) is 20.4 Å². The predicted molar refractivity (Wildman–Crippen MR) is 128 cm³/mol. The van der Waals surface area contributed by atoms with Crippen molar-refractivity contribution in [2.75, 3.05) is 45.9 Å². The zero-order chi connectivity index (χ0) is 21.3. The second kappa shape index (κ2) is 12.6. The molecule has 2 aromatic rings. The van der Waals surface area contributed by atoms with Gasteiger partial charge in [-0.1, -0.05) is 0 Å². The number of amides is 1. The van der Waals surface area contributed by atoms with Crippen molar-refractivity contribution in [1.29, 1.82) is 0 Å². The van der Waals surface area contributed by atoms with E-state index in [9.17, 15) is 4.79 Å². The third-order valence-electron chi connectivity index (χ3n) is 5.10. The minimum atomic E-state index is -0.0719. The van der Waals surface area contributed by atoms with Crippen molar-refractivity contribution in [1.82, 2.24) is 29.9 Å². The maximum Gasteiger partial charge on any atom is 0.289 e. The molecule has 1 aliphatic heterocycles. The summed E-state index contributed by atoms with van der Waals surface area (Å²) in [5, 5.41) is 11.7. The second-order valence-corrected chi connectivity index (χ2v) is 7.10. The monoisotopic (exact) mass is 545 g/mol. The van der Waals surface area contributed by atoms with E-state index in [0.29, 0.717) is 45.1 Å². The van der Waals surface area contributed by atoms with Crippen molar-refractivity contribution in [3.8, 4) is 0 Å². The molecule has 0 radical (unpaired) electrons. The van der Waals surface area contributed by atoms with Gasteiger partial charge in [0.15, 0.2) is 17.5 Å². The second-order valence-electron chi connectivity index (χ2n) is 7.10. The molecule has 0 bridgehead atoms. The Morgan fingerprint density at radius 1 is 1.26 bits per heavy atom. The lowest BCUT2D eigenvalue weighted by molar-refractivity contribution is 0.0657. The van der Waals surface area contributed by atoms with Crippen LogP contribution >= 0.6 is 24.0 Å². The Kier molecular flexibility index (Phi) is 10.2. The van der Waals surface area contributed by atoms with Gasteiger partial charge in [0.25, 0.3) is 5.91 Å². The standard InChI is InChI=1S/C20H31N7O3.HI/c1-4-29-13-6-8-21-20(22-15-18-24-23-16(2)25(18)3)27-11-9-26(10-12-27)19(28)17-7-5-14-30-17;/h5,7,14H,4,6,8-13,15H2,1-3H3,(H,21,22);1H. The van der Waals surface area contributed by atoms with Crippen LogP contribution in [0.2, 0.25) is 0 Å². The van der Waals surface area contributed by atoms with Crippen LogP contribution in [0.15, 0.2) is 27.8 Å². The Bertz CT molecular complexity index is 830. The van der Waals surface area contributed by atoms with Crippen LogP contribution in [-0.4, -0.2) is 82.4 Å². The van der Waals surface area contributed by atoms with Gasteiger partial charge in [-0.05, 0) is 32.4 Å². The summed E-state index contributed by atoms with van der Waals surface area (Å²) in [6.07, 6.45) is 2.42. The van der Waals surface area contributed by atoms with Gasteiger partial charge >= 0.3 is 0 Å². The molecule has 1 N–H and O–H groups in total. The van der Waals surface area contributed by atoms with E-state index in [4.69, 9.17) is 14.1 Å². The fraction of sp³-hybridized carbons (Fsp3) is 0.600. The highest BCUT2D eigenvalue weighted by Crippen LogP contribution is 2.10. The van der Waals surface area contributed by atoms with Crippen molar-refractivity contribution in [2.24, 2.45) is 12.0 Å². The smallest absolute Gasteiger partial charge is 0.289 e. The number of ether oxygens (including phenoxy) is 1. The fourth-order valence-electron chi connectivity index (χ4n) is 3.20. The Morgan fingerprint density at radius 3 is 2.61 bits per heavy atom. The molecule has 10 nitrogen and oxygen atoms in total. The minimum Gasteiger partial charge on any atom is -0.459 e. The molecule has 3 heterocycles. The molecule has 11 heteroatoms. The quantitative estimate of drug-likeness (QED) is 0.233. The third kappa shape index (κ3) is 6.92. The van der Waals surface area contributed by atoms with Gasteiger partial charge in [0.2, 0.25) is 0 Å². The first-order valence-corrected chi connectivity index (χ1v) is 10.4. The van der Waals surface area contributed by atoms with Gasteiger partial charge in [0.1, 0.15) is 12.4 Å². The average Bonchev–Trinajstić information content (AvgIpc) is 3.41. The lowest BCUT2D eigenvalue weighted by Crippen LogP contribution is -2.54. The summed E-state index contributed by atoms with van der Waals surface area (Å²) in [6.45, 7) is 9.17. The molecule has 1 aliphatic rings. The molecule has 0 unspecified atom stereocenters. The highest BCUT2D eigenvalue weighted by atomic mass is 127. The molecule has 172 valence electrons. The molecular weight excluding hydrogens is 513 g/mol. The summed E-state index contributed by atoms with van der Waals surface area (Å²) < 4.78 is 12.6. The van der Waals surface area contributed by atoms with E-state index in [0.717, 1.165) is 37.2 Å². The van der Waals surface area contributed by atoms with Crippen molar-refractivity contribution >= 4 is 35.8 Å². The predicted octanol–water partition coefficient (Wildman–Crippen LogP) is 1.66. The number of furan rings is 1. The summed E-state index contributed by atoms with van der Waals surface area (Å²) >= 11 is 0. The van der Waals surface area contributed by atoms with Gasteiger partial charge in [-0.2, -0.15) is 0 Å². The Labute approximate surface area is 200 Å². The van der Waals surface area contributed by atoms with Gasteiger partial charge in [-0.3, -0.25) is 4.79 Å². The molecule has 31 heavy (non-hydrogen) atoms. The molecule has 0 aliphatic carbocycles. The third-order valence-corrected chi connectivity index (χ3v) is 5.10. The molecule has 0 saturated carbocycles. The number of nitrogens with zero attached hydrogens (tertiary/aromatic N) is 6. The average molecular weight is 545 g/mol. The van der Waals surface area contributed by atoms with Gasteiger partial charge < -0.3 is 28.8 Å². The van der Waals surface area contributed by atoms with E-state index in [1.54, 1.807) is 12.1 Å². The molecule has 0 atom stereocenters. The zero-order valence-corrected chi connectivity index (χ0v) is 20.7.